The number of nitrogens with one attached hydrogen (secondary N) is 1. The lowest BCUT2D eigenvalue weighted by atomic mass is 9.78. The number of aromatic nitrogens is 15. The maximum Gasteiger partial charge on any atom is 0.181 e. The van der Waals surface area contributed by atoms with E-state index >= 15 is 0 Å². The predicted octanol–water partition coefficient (Wildman–Crippen LogP) is 16.3. The Bertz CT molecular complexity index is 6350. The van der Waals surface area contributed by atoms with Crippen molar-refractivity contribution >= 4 is 110 Å². The van der Waals surface area contributed by atoms with Gasteiger partial charge < -0.3 is 9.88 Å². The largest absolute Gasteiger partial charge is 0.353 e. The van der Waals surface area contributed by atoms with E-state index in [2.05, 4.69) is 119 Å². The van der Waals surface area contributed by atoms with Gasteiger partial charge in [0.05, 0.1) is 80.2 Å². The normalized spacial score (nSPS) is 14.8. The van der Waals surface area contributed by atoms with Crippen molar-refractivity contribution in [3.8, 4) is 67.8 Å². The fourth-order valence-electron chi connectivity index (χ4n) is 14.5. The summed E-state index contributed by atoms with van der Waals surface area (Å²) in [5.74, 6) is 0.501. The third-order valence-corrected chi connectivity index (χ3v) is 18.6. The van der Waals surface area contributed by atoms with E-state index < -0.39 is 0 Å². The molecular weight excluding hydrogens is 1190 g/mol. The third-order valence-electron chi connectivity index (χ3n) is 18.6. The number of aliphatic imine (C=N–C) groups is 1. The SMILES string of the molecule is C1=CC2=C(c3c(-c4nncc5ccccc45)c(-c4ccc5cccnc5n4)c(-c4cnc5ccccc5n4)c4c3[nH]c3c(C5=CC=CC6C5=Nc5ccccc56)c(-c5ncc6nccnc6n5)c(-c5cc6ccccc6nn5)c(-c5ncc6ccccc6n5)c34)C=CCN2C=C1. The monoisotopic (exact) mass is 1230 g/mol. The van der Waals surface area contributed by atoms with Crippen LogP contribution in [-0.4, -0.2) is 92.4 Å². The molecule has 1 unspecified atom stereocenters. The van der Waals surface area contributed by atoms with Crippen LogP contribution in [0.2, 0.25) is 0 Å². The molecule has 0 bridgehead atoms. The summed E-state index contributed by atoms with van der Waals surface area (Å²) in [6.45, 7) is 0.630. The molecule has 1 atom stereocenters. The van der Waals surface area contributed by atoms with Crippen LogP contribution in [-0.2, 0) is 0 Å². The van der Waals surface area contributed by atoms with E-state index in [4.69, 9.17) is 75.2 Å². The highest BCUT2D eigenvalue weighted by molar-refractivity contribution is 6.38. The standard InChI is InChI=1S/C79H45N17/c1-4-20-47-45(17-1)40-86-95-73(47)67-62(50-24-15-37-96-36-12-11-30-61(50)96)74-68(66(59-41-83-55-28-9-10-29-56(55)87-59)64(67)57-32-31-43-19-14-33-81-76(43)90-57)69-71(78-84-39-46-18-3-6-25-52(46)89-78)65(58-38-44-16-2-7-26-53(44)93-94-58)70(79-85-42-60-77(92-79)82-35-34-80-60)63(75(69)91-74)51-23-13-22-49-48-21-5-8-27-54(48)88-72(49)51/h1-36,38-42,49,91H,37H2. The fraction of sp³-hybridized carbons (Fsp3) is 0.0253. The molecule has 1 N–H and O–H groups in total. The van der Waals surface area contributed by atoms with Crippen molar-refractivity contribution in [1.29, 1.82) is 0 Å². The number of H-pyrrole nitrogens is 1. The maximum atomic E-state index is 5.73. The molecule has 0 radical (unpaired) electrons. The average Bonchev–Trinajstić information content (AvgIpc) is 1.45. The Labute approximate surface area is 544 Å². The van der Waals surface area contributed by atoms with Crippen LogP contribution < -0.4 is 0 Å². The minimum absolute atomic E-state index is 0.226. The molecule has 9 aromatic heterocycles. The van der Waals surface area contributed by atoms with Crippen molar-refractivity contribution in [2.24, 2.45) is 4.99 Å². The third kappa shape index (κ3) is 8.19. The van der Waals surface area contributed by atoms with Crippen molar-refractivity contribution in [2.45, 2.75) is 5.92 Å². The van der Waals surface area contributed by atoms with E-state index in [1.165, 1.54) is 0 Å². The Kier molecular flexibility index (Phi) is 11.7. The van der Waals surface area contributed by atoms with Gasteiger partial charge in [-0.05, 0) is 78.4 Å². The molecule has 446 valence electrons. The van der Waals surface area contributed by atoms with E-state index in [1.54, 1.807) is 24.8 Å². The first-order chi connectivity index (χ1) is 47.6. The molecule has 0 spiro atoms. The Morgan fingerprint density at radius 2 is 1.22 bits per heavy atom. The number of hydrogen-bond donors (Lipinski definition) is 1. The van der Waals surface area contributed by atoms with Crippen molar-refractivity contribution < 1.29 is 0 Å². The summed E-state index contributed by atoms with van der Waals surface area (Å²) in [5.41, 5.74) is 18.9. The molecule has 3 aliphatic heterocycles. The van der Waals surface area contributed by atoms with E-state index in [-0.39, 0.29) is 5.92 Å². The van der Waals surface area contributed by atoms with Crippen LogP contribution in [0.15, 0.2) is 261 Å². The molecule has 0 saturated heterocycles. The number of rotatable bonds is 8. The van der Waals surface area contributed by atoms with Crippen LogP contribution in [0.1, 0.15) is 22.6 Å². The van der Waals surface area contributed by atoms with Crippen molar-refractivity contribution in [3.63, 3.8) is 0 Å². The van der Waals surface area contributed by atoms with Gasteiger partial charge >= 0.3 is 0 Å². The van der Waals surface area contributed by atoms with Crippen LogP contribution in [0.25, 0.3) is 167 Å². The second-order valence-electron chi connectivity index (χ2n) is 23.9. The Morgan fingerprint density at radius 3 is 2.17 bits per heavy atom. The number of fused-ring (bicyclic) bond motifs is 13. The van der Waals surface area contributed by atoms with E-state index in [9.17, 15) is 0 Å². The summed E-state index contributed by atoms with van der Waals surface area (Å²) in [6, 6.07) is 50.8. The fourth-order valence-corrected chi connectivity index (χ4v) is 14.5. The van der Waals surface area contributed by atoms with Gasteiger partial charge in [-0.2, -0.15) is 5.10 Å². The van der Waals surface area contributed by atoms with Crippen LogP contribution >= 0.6 is 0 Å². The Morgan fingerprint density at radius 1 is 0.448 bits per heavy atom. The highest BCUT2D eigenvalue weighted by Crippen LogP contribution is 2.58. The van der Waals surface area contributed by atoms with Crippen molar-refractivity contribution in [2.75, 3.05) is 6.54 Å². The number of allylic oxidation sites excluding steroid dienone is 9. The number of para-hydroxylation sites is 4. The highest BCUT2D eigenvalue weighted by atomic mass is 15.1. The molecule has 0 amide bonds. The van der Waals surface area contributed by atoms with Crippen LogP contribution in [0.5, 0.6) is 0 Å². The van der Waals surface area contributed by atoms with Crippen LogP contribution in [0, 0.1) is 0 Å². The smallest absolute Gasteiger partial charge is 0.181 e. The lowest BCUT2D eigenvalue weighted by molar-refractivity contribution is 0.527. The number of nitrogens with zero attached hydrogens (tertiary/aromatic N) is 16. The highest BCUT2D eigenvalue weighted by Gasteiger charge is 2.40. The molecule has 0 fully saturated rings. The first kappa shape index (κ1) is 53.3. The summed E-state index contributed by atoms with van der Waals surface area (Å²) in [6.07, 6.45) is 31.8. The minimum atomic E-state index is -0.226. The van der Waals surface area contributed by atoms with Gasteiger partial charge in [0, 0.05) is 143 Å². The predicted molar refractivity (Wildman–Crippen MR) is 377 cm³/mol. The van der Waals surface area contributed by atoms with Gasteiger partial charge in [-0.15, -0.1) is 15.3 Å². The van der Waals surface area contributed by atoms with E-state index in [0.717, 1.165) is 105 Å². The minimum Gasteiger partial charge on any atom is -0.353 e. The summed E-state index contributed by atoms with van der Waals surface area (Å²) < 4.78 is 0. The van der Waals surface area contributed by atoms with E-state index in [1.807, 2.05) is 116 Å². The average molecular weight is 1230 g/mol. The zero-order valence-electron chi connectivity index (χ0n) is 50.6. The molecule has 16 aromatic rings. The van der Waals surface area contributed by atoms with Crippen LogP contribution in [0.3, 0.4) is 0 Å². The second kappa shape index (κ2) is 21.1. The number of pyridine rings is 2. The number of aromatic amines is 1. The summed E-state index contributed by atoms with van der Waals surface area (Å²) >= 11 is 0. The molecule has 96 heavy (non-hydrogen) atoms. The number of benzene rings is 7. The maximum absolute atomic E-state index is 5.73. The summed E-state index contributed by atoms with van der Waals surface area (Å²) in [7, 11) is 0. The molecular formula is C79H45N17. The zero-order chi connectivity index (χ0) is 63.0. The molecule has 17 heteroatoms. The first-order valence-electron chi connectivity index (χ1n) is 31.5. The van der Waals surface area contributed by atoms with Crippen LogP contribution in [0.4, 0.5) is 5.69 Å². The first-order valence-corrected chi connectivity index (χ1v) is 31.5. The van der Waals surface area contributed by atoms with Gasteiger partial charge in [0.2, 0.25) is 0 Å². The van der Waals surface area contributed by atoms with Crippen molar-refractivity contribution in [1.82, 2.24) is 80.1 Å². The molecule has 20 rings (SSSR count). The Hall–Kier alpha value is -13.4. The quantitative estimate of drug-likeness (QED) is 0.150. The molecule has 17 nitrogen and oxygen atoms in total. The Balaban J connectivity index is 1.11. The van der Waals surface area contributed by atoms with Gasteiger partial charge in [0.15, 0.2) is 22.9 Å². The van der Waals surface area contributed by atoms with Gasteiger partial charge in [0.1, 0.15) is 11.2 Å². The second-order valence-corrected chi connectivity index (χ2v) is 23.9. The zero-order valence-corrected chi connectivity index (χ0v) is 50.6. The molecule has 12 heterocycles. The summed E-state index contributed by atoms with van der Waals surface area (Å²) in [4.78, 5) is 65.4. The van der Waals surface area contributed by atoms with Crippen molar-refractivity contribution in [3.05, 3.63) is 272 Å². The number of hydrogen-bond acceptors (Lipinski definition) is 16. The lowest BCUT2D eigenvalue weighted by Gasteiger charge is -2.30. The molecule has 7 aromatic carbocycles. The van der Waals surface area contributed by atoms with Gasteiger partial charge in [-0.25, -0.2) is 44.9 Å². The topological polar surface area (TPSA) is 212 Å². The van der Waals surface area contributed by atoms with Gasteiger partial charge in [-0.3, -0.25) is 9.98 Å². The lowest BCUT2D eigenvalue weighted by Crippen LogP contribution is -2.21. The molecule has 4 aliphatic rings. The summed E-state index contributed by atoms with van der Waals surface area (Å²) in [5, 5.41) is 26.3. The van der Waals surface area contributed by atoms with Gasteiger partial charge in [-0.1, -0.05) is 127 Å². The molecule has 1 aliphatic carbocycles. The molecule has 0 saturated carbocycles. The van der Waals surface area contributed by atoms with E-state index in [0.29, 0.717) is 102 Å². The van der Waals surface area contributed by atoms with Gasteiger partial charge in [0.25, 0.3) is 0 Å².